The van der Waals surface area contributed by atoms with Crippen molar-refractivity contribution in [2.45, 2.75) is 0 Å². The predicted molar refractivity (Wildman–Crippen MR) is 602 cm³/mol. The molecule has 0 aliphatic heterocycles. The number of para-hydroxylation sites is 3. The van der Waals surface area contributed by atoms with Crippen molar-refractivity contribution in [3.05, 3.63) is 473 Å². The van der Waals surface area contributed by atoms with E-state index in [1.165, 1.54) is 26.9 Å². The molecule has 0 N–H and O–H groups in total. The van der Waals surface area contributed by atoms with Gasteiger partial charge in [0, 0.05) is 104 Å². The topological polar surface area (TPSA) is 123 Å². The molecule has 8 heterocycles. The van der Waals surface area contributed by atoms with Crippen molar-refractivity contribution in [1.29, 1.82) is 0 Å². The van der Waals surface area contributed by atoms with E-state index in [4.69, 9.17) is 38.7 Å². The highest BCUT2D eigenvalue weighted by molar-refractivity contribution is 6.27. The van der Waals surface area contributed by atoms with Crippen LogP contribution in [0.15, 0.2) is 482 Å². The first-order valence-electron chi connectivity index (χ1n) is 49.5. The lowest BCUT2D eigenvalue weighted by molar-refractivity contribution is 0.668. The Bertz CT molecular complexity index is 11000. The van der Waals surface area contributed by atoms with E-state index in [0.29, 0.717) is 34.9 Å². The van der Waals surface area contributed by atoms with Crippen molar-refractivity contribution in [3.8, 4) is 124 Å². The molecule has 0 atom stereocenters. The summed E-state index contributed by atoms with van der Waals surface area (Å²) in [4.78, 5) is 34.4. The Morgan fingerprint density at radius 2 is 0.521 bits per heavy atom. The van der Waals surface area contributed by atoms with Gasteiger partial charge >= 0.3 is 0 Å². The van der Waals surface area contributed by atoms with Gasteiger partial charge < -0.3 is 27.1 Å². The fourth-order valence-electron chi connectivity index (χ4n) is 23.5. The molecule has 0 aliphatic rings. The molecule has 0 saturated carbocycles. The number of hydrogen-bond donors (Lipinski definition) is 0. The molecule has 676 valence electrons. The highest BCUT2D eigenvalue weighted by Crippen LogP contribution is 2.51. The van der Waals surface area contributed by atoms with Crippen molar-refractivity contribution in [2.75, 3.05) is 0 Å². The number of rotatable bonds is 13. The maximum Gasteiger partial charge on any atom is 0.166 e. The number of fused-ring (bicyclic) bond motifs is 25. The number of nitrogens with zero attached hydrogens (tertiary/aromatic N) is 10. The van der Waals surface area contributed by atoms with Gasteiger partial charge in [0.15, 0.2) is 34.9 Å². The van der Waals surface area contributed by atoms with E-state index in [1.807, 2.05) is 6.07 Å². The molecule has 12 nitrogen and oxygen atoms in total. The second-order valence-corrected chi connectivity index (χ2v) is 38.3. The Kier molecular flexibility index (Phi) is 17.7. The van der Waals surface area contributed by atoms with Crippen LogP contribution in [-0.4, -0.2) is 48.2 Å². The third-order valence-electron chi connectivity index (χ3n) is 30.1. The molecule has 31 aromatic rings. The molecule has 0 amide bonds. The van der Waals surface area contributed by atoms with Gasteiger partial charge in [-0.3, -0.25) is 0 Å². The molecule has 0 saturated heterocycles. The van der Waals surface area contributed by atoms with Gasteiger partial charge in [-0.05, 0) is 234 Å². The van der Waals surface area contributed by atoms with E-state index in [9.17, 15) is 0 Å². The highest BCUT2D eigenvalue weighted by atomic mass is 16.3. The van der Waals surface area contributed by atoms with Gasteiger partial charge in [0.1, 0.15) is 22.3 Å². The van der Waals surface area contributed by atoms with E-state index >= 15 is 0 Å². The second-order valence-electron chi connectivity index (χ2n) is 38.3. The fraction of sp³-hybridized carbons (Fsp3) is 0. The molecule has 8 aromatic heterocycles. The molecule has 0 fully saturated rings. The number of aromatic nitrogens is 10. The molecule has 0 bridgehead atoms. The average Bonchev–Trinajstić information content (AvgIpc) is 1.55. The Morgan fingerprint density at radius 1 is 0.151 bits per heavy atom. The molecular formula is C134H78N10O2. The molecule has 146 heavy (non-hydrogen) atoms. The second kappa shape index (κ2) is 31.9. The van der Waals surface area contributed by atoms with E-state index in [1.54, 1.807) is 0 Å². The van der Waals surface area contributed by atoms with Gasteiger partial charge in [0.25, 0.3) is 0 Å². The third-order valence-corrected chi connectivity index (χ3v) is 30.1. The van der Waals surface area contributed by atoms with Crippen molar-refractivity contribution < 1.29 is 8.83 Å². The first-order valence-corrected chi connectivity index (χ1v) is 49.5. The van der Waals surface area contributed by atoms with Crippen LogP contribution in [-0.2, 0) is 0 Å². The summed E-state index contributed by atoms with van der Waals surface area (Å²) < 4.78 is 23.7. The van der Waals surface area contributed by atoms with Crippen LogP contribution >= 0.6 is 0 Å². The van der Waals surface area contributed by atoms with Crippen LogP contribution in [0.4, 0.5) is 0 Å². The monoisotopic (exact) mass is 1860 g/mol. The maximum atomic E-state index is 7.09. The Morgan fingerprint density at radius 3 is 1.11 bits per heavy atom. The van der Waals surface area contributed by atoms with Gasteiger partial charge in [0.05, 0.1) is 66.6 Å². The zero-order chi connectivity index (χ0) is 95.5. The molecule has 12 heteroatoms. The largest absolute Gasteiger partial charge is 0.456 e. The number of benzene rings is 23. The van der Waals surface area contributed by atoms with Crippen LogP contribution in [0.5, 0.6) is 0 Å². The summed E-state index contributed by atoms with van der Waals surface area (Å²) in [5, 5.41) is 24.1. The van der Waals surface area contributed by atoms with Crippen LogP contribution in [0.2, 0.25) is 0 Å². The molecule has 0 spiro atoms. The van der Waals surface area contributed by atoms with Gasteiger partial charge in [-0.15, -0.1) is 0 Å². The minimum absolute atomic E-state index is 0.507. The molecule has 0 aliphatic carbocycles. The van der Waals surface area contributed by atoms with Crippen molar-refractivity contribution >= 4 is 185 Å². The van der Waals surface area contributed by atoms with Crippen LogP contribution < -0.4 is 0 Å². The Hall–Kier alpha value is -19.8. The van der Waals surface area contributed by atoms with Crippen LogP contribution in [0.1, 0.15) is 0 Å². The zero-order valence-corrected chi connectivity index (χ0v) is 78.3. The Balaban J connectivity index is 0.553. The minimum atomic E-state index is 0.507. The maximum absolute atomic E-state index is 7.09. The number of hydrogen-bond acceptors (Lipinski definition) is 8. The summed E-state index contributed by atoms with van der Waals surface area (Å²) in [5.41, 5.74) is 26.8. The van der Waals surface area contributed by atoms with Crippen LogP contribution in [0.3, 0.4) is 0 Å². The summed E-state index contributed by atoms with van der Waals surface area (Å²) in [7, 11) is 0. The first-order chi connectivity index (χ1) is 72.3. The highest BCUT2D eigenvalue weighted by Gasteiger charge is 2.31. The van der Waals surface area contributed by atoms with E-state index in [-0.39, 0.29) is 0 Å². The van der Waals surface area contributed by atoms with Gasteiger partial charge in [-0.1, -0.05) is 322 Å². The molecule has 23 aromatic carbocycles. The van der Waals surface area contributed by atoms with E-state index in [2.05, 4.69) is 485 Å². The van der Waals surface area contributed by atoms with Crippen molar-refractivity contribution in [1.82, 2.24) is 48.2 Å². The van der Waals surface area contributed by atoms with E-state index < -0.39 is 0 Å². The first kappa shape index (κ1) is 81.1. The quantitative estimate of drug-likeness (QED) is 0.112. The summed E-state index contributed by atoms with van der Waals surface area (Å²) in [6, 6.07) is 170. The summed E-state index contributed by atoms with van der Waals surface area (Å²) in [6.07, 6.45) is 0. The SMILES string of the molecule is c1ccc(-c2ccc(-c3nc(-c4ccc5c(c4)c4ccccc4n5-c4cccc(-c5cccc(-n6c7ccccc7c7cc(-c8nc(-c9cccc(-c%10ccccc%10)c9)nc(-c9c(-n%10c%11cc%12ccccc%12cc%11c%11ccc%12ccccc%12c%11%10)ccc%10oc%11ccccc%11c9%10)n8)ccc76)c5)c4)nc(-c4c(-n5c6cc7ccccc7cc6c6c7ccccc7ccc65)ccc5oc6cc7ccccc7cc6c45)n3)cc2)cc1. The minimum Gasteiger partial charge on any atom is -0.456 e. The lowest BCUT2D eigenvalue weighted by Gasteiger charge is -2.17. The average molecular weight is 1860 g/mol. The van der Waals surface area contributed by atoms with Gasteiger partial charge in [0.2, 0.25) is 0 Å². The lowest BCUT2D eigenvalue weighted by atomic mass is 10.00. The summed E-state index contributed by atoms with van der Waals surface area (Å²) >= 11 is 0. The predicted octanol–water partition coefficient (Wildman–Crippen LogP) is 35.0. The van der Waals surface area contributed by atoms with Crippen molar-refractivity contribution in [2.24, 2.45) is 0 Å². The van der Waals surface area contributed by atoms with Gasteiger partial charge in [-0.2, -0.15) is 0 Å². The van der Waals surface area contributed by atoms with Crippen LogP contribution in [0, 0.1) is 0 Å². The third kappa shape index (κ3) is 12.6. The van der Waals surface area contributed by atoms with Crippen LogP contribution in [0.25, 0.3) is 309 Å². The van der Waals surface area contributed by atoms with Gasteiger partial charge in [-0.25, -0.2) is 29.9 Å². The smallest absolute Gasteiger partial charge is 0.166 e. The normalized spacial score (nSPS) is 12.1. The molecule has 0 unspecified atom stereocenters. The molecule has 0 radical (unpaired) electrons. The number of furan rings is 2. The zero-order valence-electron chi connectivity index (χ0n) is 78.3. The molecular weight excluding hydrogens is 1780 g/mol. The summed E-state index contributed by atoms with van der Waals surface area (Å²) in [5.74, 6) is 3.14. The van der Waals surface area contributed by atoms with Crippen molar-refractivity contribution in [3.63, 3.8) is 0 Å². The fourth-order valence-corrected chi connectivity index (χ4v) is 23.5. The molecule has 31 rings (SSSR count). The standard InChI is InChI=1S/C134H78N10O2/c1-3-26-79(27-4-1)81-52-54-84(55-53-81)129-135-131(139-133(137-129)126-115(64-66-121-125(126)109-73-90-34-9-12-37-93(90)78-122(109)146-121)143-114-63-57-82-30-13-15-44-99(82)123(114)108-72-89-33-8-11-36-92(89)77-118(108)143)95-58-61-112-105(74-95)101-46-17-20-49-110(101)141(112)97-42-24-39-86(69-97)87-40-25-43-98(70-87)142-111-50-21-18-47-102(111)106-75-96(59-62-113(106)142)132-136-130(94-41-23-38-85(68-94)80-28-5-2-6-29-80)138-134(140-132)127-116(65-67-120-124(127)104-48-19-22-51-119(104)145-120)144-117-76-91-35-10-7-32-88(91)71-107(117)103-60-56-83-31-14-16-45-100(83)128(103)144/h1-78H. The summed E-state index contributed by atoms with van der Waals surface area (Å²) in [6.45, 7) is 0. The van der Waals surface area contributed by atoms with E-state index in [0.717, 1.165) is 248 Å². The Labute approximate surface area is 833 Å². The lowest BCUT2D eigenvalue weighted by Crippen LogP contribution is -2.04.